The predicted molar refractivity (Wildman–Crippen MR) is 85.2 cm³/mol. The van der Waals surface area contributed by atoms with E-state index in [0.717, 1.165) is 0 Å². The van der Waals surface area contributed by atoms with Gasteiger partial charge in [-0.1, -0.05) is 6.07 Å². The number of hydrogen-bond donors (Lipinski definition) is 2. The summed E-state index contributed by atoms with van der Waals surface area (Å²) in [6.45, 7) is 2.72. The molecule has 122 valence electrons. The number of halogens is 2. The molecule has 2 rings (SSSR count). The minimum atomic E-state index is -0.511. The van der Waals surface area contributed by atoms with Gasteiger partial charge in [-0.2, -0.15) is 0 Å². The van der Waals surface area contributed by atoms with E-state index in [2.05, 4.69) is 5.32 Å². The molecule has 2 amide bonds. The Kier molecular flexibility index (Phi) is 6.77. The van der Waals surface area contributed by atoms with Crippen LogP contribution in [-0.4, -0.2) is 35.8 Å². The predicted octanol–water partition coefficient (Wildman–Crippen LogP) is 1.77. The van der Waals surface area contributed by atoms with Crippen molar-refractivity contribution in [3.8, 4) is 0 Å². The summed E-state index contributed by atoms with van der Waals surface area (Å²) in [6.07, 6.45) is 1.19. The number of anilines is 1. The third kappa shape index (κ3) is 4.68. The Morgan fingerprint density at radius 3 is 2.55 bits per heavy atom. The number of likely N-dealkylation sites (tertiary alicyclic amines) is 1. The molecule has 1 aromatic rings. The van der Waals surface area contributed by atoms with Gasteiger partial charge in [0, 0.05) is 24.7 Å². The normalized spacial score (nSPS) is 16.6. The van der Waals surface area contributed by atoms with E-state index in [0.29, 0.717) is 31.6 Å². The molecule has 1 aliphatic rings. The second kappa shape index (κ2) is 8.10. The highest BCUT2D eigenvalue weighted by Crippen LogP contribution is 2.20. The number of rotatable bonds is 3. The fourth-order valence-corrected chi connectivity index (χ4v) is 2.46. The largest absolute Gasteiger partial charge is 0.341 e. The third-order valence-electron chi connectivity index (χ3n) is 3.66. The second-order valence-electron chi connectivity index (χ2n) is 5.39. The molecule has 0 saturated carbocycles. The SMILES string of the molecule is C[C@@H](N)C(=O)N1CCC(C(=O)Nc2cccc(F)c2)CC1.Cl. The summed E-state index contributed by atoms with van der Waals surface area (Å²) in [5.41, 5.74) is 6.02. The number of benzene rings is 1. The number of carbonyl (C=O) groups is 2. The second-order valence-corrected chi connectivity index (χ2v) is 5.39. The van der Waals surface area contributed by atoms with Crippen LogP contribution in [0.5, 0.6) is 0 Å². The molecule has 22 heavy (non-hydrogen) atoms. The molecular formula is C15H21ClFN3O2. The van der Waals surface area contributed by atoms with Crippen molar-refractivity contribution in [2.75, 3.05) is 18.4 Å². The molecule has 1 aliphatic heterocycles. The molecule has 1 heterocycles. The lowest BCUT2D eigenvalue weighted by Crippen LogP contribution is -2.47. The highest BCUT2D eigenvalue weighted by Gasteiger charge is 2.28. The van der Waals surface area contributed by atoms with E-state index in [4.69, 9.17) is 5.73 Å². The van der Waals surface area contributed by atoms with Gasteiger partial charge in [0.15, 0.2) is 0 Å². The number of nitrogens with two attached hydrogens (primary N) is 1. The Hall–Kier alpha value is -1.66. The number of hydrogen-bond acceptors (Lipinski definition) is 3. The maximum Gasteiger partial charge on any atom is 0.239 e. The molecule has 0 aliphatic carbocycles. The fourth-order valence-electron chi connectivity index (χ4n) is 2.46. The summed E-state index contributed by atoms with van der Waals surface area (Å²) in [7, 11) is 0. The van der Waals surface area contributed by atoms with Crippen molar-refractivity contribution in [1.82, 2.24) is 4.90 Å². The van der Waals surface area contributed by atoms with Crippen LogP contribution in [-0.2, 0) is 9.59 Å². The van der Waals surface area contributed by atoms with Crippen LogP contribution in [0.25, 0.3) is 0 Å². The van der Waals surface area contributed by atoms with Gasteiger partial charge in [-0.25, -0.2) is 4.39 Å². The summed E-state index contributed by atoms with van der Waals surface area (Å²) in [5.74, 6) is -0.761. The molecule has 1 atom stereocenters. The zero-order valence-corrected chi connectivity index (χ0v) is 13.2. The van der Waals surface area contributed by atoms with Gasteiger partial charge in [0.25, 0.3) is 0 Å². The molecule has 1 fully saturated rings. The number of piperidine rings is 1. The molecule has 0 spiro atoms. The van der Waals surface area contributed by atoms with Crippen LogP contribution in [0.1, 0.15) is 19.8 Å². The Bertz CT molecular complexity index is 531. The fraction of sp³-hybridized carbons (Fsp3) is 0.467. The highest BCUT2D eigenvalue weighted by molar-refractivity contribution is 5.92. The summed E-state index contributed by atoms with van der Waals surface area (Å²) in [5, 5.41) is 2.71. The highest BCUT2D eigenvalue weighted by atomic mass is 35.5. The molecule has 0 bridgehead atoms. The average Bonchev–Trinajstić information content (AvgIpc) is 2.46. The number of amides is 2. The van der Waals surface area contributed by atoms with Crippen molar-refractivity contribution in [3.05, 3.63) is 30.1 Å². The first-order valence-electron chi connectivity index (χ1n) is 7.08. The van der Waals surface area contributed by atoms with Gasteiger partial charge in [0.2, 0.25) is 11.8 Å². The maximum atomic E-state index is 13.1. The summed E-state index contributed by atoms with van der Waals surface area (Å²) < 4.78 is 13.1. The van der Waals surface area contributed by atoms with Crippen molar-refractivity contribution in [3.63, 3.8) is 0 Å². The van der Waals surface area contributed by atoms with Crippen molar-refractivity contribution < 1.29 is 14.0 Å². The Labute approximate surface area is 135 Å². The summed E-state index contributed by atoms with van der Waals surface area (Å²) in [4.78, 5) is 25.6. The van der Waals surface area contributed by atoms with Gasteiger partial charge in [0.05, 0.1) is 6.04 Å². The van der Waals surface area contributed by atoms with Gasteiger partial charge in [-0.15, -0.1) is 12.4 Å². The van der Waals surface area contributed by atoms with Crippen molar-refractivity contribution >= 4 is 29.9 Å². The van der Waals surface area contributed by atoms with Crippen molar-refractivity contribution in [1.29, 1.82) is 0 Å². The van der Waals surface area contributed by atoms with Crippen LogP contribution in [0.2, 0.25) is 0 Å². The molecular weight excluding hydrogens is 309 g/mol. The Morgan fingerprint density at radius 2 is 2.00 bits per heavy atom. The molecule has 0 aromatic heterocycles. The number of nitrogens with zero attached hydrogens (tertiary/aromatic N) is 1. The van der Waals surface area contributed by atoms with E-state index < -0.39 is 6.04 Å². The molecule has 0 radical (unpaired) electrons. The smallest absolute Gasteiger partial charge is 0.239 e. The van der Waals surface area contributed by atoms with E-state index in [1.807, 2.05) is 0 Å². The topological polar surface area (TPSA) is 75.4 Å². The number of carbonyl (C=O) groups excluding carboxylic acids is 2. The van der Waals surface area contributed by atoms with E-state index in [-0.39, 0.29) is 36.0 Å². The lowest BCUT2D eigenvalue weighted by molar-refractivity contribution is -0.135. The van der Waals surface area contributed by atoms with Gasteiger partial charge >= 0.3 is 0 Å². The Balaban J connectivity index is 0.00000242. The van der Waals surface area contributed by atoms with Gasteiger partial charge in [-0.05, 0) is 38.0 Å². The lowest BCUT2D eigenvalue weighted by Gasteiger charge is -2.32. The van der Waals surface area contributed by atoms with Crippen LogP contribution in [0.3, 0.4) is 0 Å². The minimum absolute atomic E-state index is 0. The lowest BCUT2D eigenvalue weighted by atomic mass is 9.95. The van der Waals surface area contributed by atoms with Crippen LogP contribution in [0.15, 0.2) is 24.3 Å². The van der Waals surface area contributed by atoms with Gasteiger partial charge in [-0.3, -0.25) is 9.59 Å². The first-order chi connectivity index (χ1) is 9.97. The third-order valence-corrected chi connectivity index (χ3v) is 3.66. The monoisotopic (exact) mass is 329 g/mol. The first kappa shape index (κ1) is 18.4. The molecule has 5 nitrogen and oxygen atoms in total. The molecule has 1 saturated heterocycles. The van der Waals surface area contributed by atoms with Crippen LogP contribution >= 0.6 is 12.4 Å². The first-order valence-corrected chi connectivity index (χ1v) is 7.08. The molecule has 0 unspecified atom stereocenters. The molecule has 1 aromatic carbocycles. The van der Waals surface area contributed by atoms with Crippen LogP contribution in [0, 0.1) is 11.7 Å². The molecule has 3 N–H and O–H groups in total. The minimum Gasteiger partial charge on any atom is -0.341 e. The van der Waals surface area contributed by atoms with Gasteiger partial charge in [0.1, 0.15) is 5.82 Å². The zero-order valence-electron chi connectivity index (χ0n) is 12.4. The average molecular weight is 330 g/mol. The van der Waals surface area contributed by atoms with E-state index in [9.17, 15) is 14.0 Å². The zero-order chi connectivity index (χ0) is 15.4. The van der Waals surface area contributed by atoms with Crippen LogP contribution < -0.4 is 11.1 Å². The summed E-state index contributed by atoms with van der Waals surface area (Å²) >= 11 is 0. The maximum absolute atomic E-state index is 13.1. The number of nitrogens with one attached hydrogen (secondary N) is 1. The molecule has 7 heteroatoms. The van der Waals surface area contributed by atoms with E-state index >= 15 is 0 Å². The van der Waals surface area contributed by atoms with E-state index in [1.165, 1.54) is 12.1 Å². The van der Waals surface area contributed by atoms with Crippen molar-refractivity contribution in [2.24, 2.45) is 11.7 Å². The van der Waals surface area contributed by atoms with Crippen molar-refractivity contribution in [2.45, 2.75) is 25.8 Å². The van der Waals surface area contributed by atoms with Gasteiger partial charge < -0.3 is 16.0 Å². The standard InChI is InChI=1S/C15H20FN3O2.ClH/c1-10(17)15(21)19-7-5-11(6-8-19)14(20)18-13-4-2-3-12(16)9-13;/h2-4,9-11H,5-8,17H2,1H3,(H,18,20);1H/t10-;/m1./s1. The van der Waals surface area contributed by atoms with Crippen LogP contribution in [0.4, 0.5) is 10.1 Å². The quantitative estimate of drug-likeness (QED) is 0.887. The van der Waals surface area contributed by atoms with E-state index in [1.54, 1.807) is 24.0 Å². The Morgan fingerprint density at radius 1 is 1.36 bits per heavy atom. The summed E-state index contributed by atoms with van der Waals surface area (Å²) in [6, 6.07) is 5.30.